The highest BCUT2D eigenvalue weighted by Crippen LogP contribution is 2.30. The Hall–Kier alpha value is -1.96. The Morgan fingerprint density at radius 1 is 1.15 bits per heavy atom. The van der Waals surface area contributed by atoms with Gasteiger partial charge >= 0.3 is 16.1 Å². The van der Waals surface area contributed by atoms with Crippen LogP contribution in [0, 0.1) is 0 Å². The highest BCUT2D eigenvalue weighted by molar-refractivity contribution is 7.86. The summed E-state index contributed by atoms with van der Waals surface area (Å²) >= 11 is 12.2. The second-order valence-electron chi connectivity index (χ2n) is 6.18. The molecule has 0 unspecified atom stereocenters. The van der Waals surface area contributed by atoms with Crippen LogP contribution >= 0.6 is 23.2 Å². The van der Waals surface area contributed by atoms with Gasteiger partial charge in [0.2, 0.25) is 0 Å². The molecular formula is C18H20Cl2N2O4S. The van der Waals surface area contributed by atoms with Crippen LogP contribution in [-0.4, -0.2) is 31.6 Å². The number of amides is 2. The van der Waals surface area contributed by atoms with Gasteiger partial charge in [-0.2, -0.15) is 8.42 Å². The van der Waals surface area contributed by atoms with Gasteiger partial charge in [0.1, 0.15) is 5.75 Å². The molecule has 1 N–H and O–H groups in total. The van der Waals surface area contributed by atoms with E-state index in [0.717, 1.165) is 6.26 Å². The number of carbonyl (C=O) groups excluding carboxylic acids is 1. The molecule has 0 radical (unpaired) electrons. The van der Waals surface area contributed by atoms with Crippen molar-refractivity contribution in [2.24, 2.45) is 0 Å². The van der Waals surface area contributed by atoms with E-state index in [9.17, 15) is 13.2 Å². The van der Waals surface area contributed by atoms with E-state index in [0.29, 0.717) is 21.3 Å². The van der Waals surface area contributed by atoms with Gasteiger partial charge in [0.15, 0.2) is 0 Å². The maximum Gasteiger partial charge on any atom is 0.322 e. The molecule has 9 heteroatoms. The van der Waals surface area contributed by atoms with Crippen LogP contribution in [-0.2, 0) is 16.7 Å². The molecule has 6 nitrogen and oxygen atoms in total. The summed E-state index contributed by atoms with van der Waals surface area (Å²) in [6.07, 6.45) is 0.973. The van der Waals surface area contributed by atoms with Crippen molar-refractivity contribution < 1.29 is 17.4 Å². The molecule has 0 aliphatic rings. The molecule has 0 aliphatic carbocycles. The highest BCUT2D eigenvalue weighted by atomic mass is 35.5. The molecule has 0 bridgehead atoms. The number of benzene rings is 2. The minimum atomic E-state index is -3.63. The van der Waals surface area contributed by atoms with Crippen molar-refractivity contribution in [3.8, 4) is 5.75 Å². The quantitative estimate of drug-likeness (QED) is 0.669. The zero-order chi connectivity index (χ0) is 20.2. The molecular weight excluding hydrogens is 411 g/mol. The van der Waals surface area contributed by atoms with Crippen molar-refractivity contribution >= 4 is 45.0 Å². The summed E-state index contributed by atoms with van der Waals surface area (Å²) < 4.78 is 27.5. The number of halogens is 2. The number of anilines is 1. The molecule has 0 atom stereocenters. The van der Waals surface area contributed by atoms with Crippen LogP contribution in [0.4, 0.5) is 10.5 Å². The Labute approximate surface area is 169 Å². The molecule has 27 heavy (non-hydrogen) atoms. The SMILES string of the molecule is CC(C)N(Cc1cccc(OS(C)(=O)=O)c1)C(=O)Nc1c(Cl)cccc1Cl. The fourth-order valence-electron chi connectivity index (χ4n) is 2.35. The van der Waals surface area contributed by atoms with Crippen molar-refractivity contribution in [1.29, 1.82) is 0 Å². The highest BCUT2D eigenvalue weighted by Gasteiger charge is 2.20. The van der Waals surface area contributed by atoms with Crippen LogP contribution < -0.4 is 9.50 Å². The number of nitrogens with zero attached hydrogens (tertiary/aromatic N) is 1. The predicted octanol–water partition coefficient (Wildman–Crippen LogP) is 4.77. The molecule has 0 heterocycles. The van der Waals surface area contributed by atoms with Gasteiger partial charge in [-0.05, 0) is 43.7 Å². The lowest BCUT2D eigenvalue weighted by Gasteiger charge is -2.27. The number of rotatable bonds is 6. The fourth-order valence-corrected chi connectivity index (χ4v) is 3.30. The summed E-state index contributed by atoms with van der Waals surface area (Å²) in [7, 11) is -3.63. The van der Waals surface area contributed by atoms with Gasteiger partial charge in [0, 0.05) is 12.6 Å². The van der Waals surface area contributed by atoms with Crippen molar-refractivity contribution in [2.45, 2.75) is 26.4 Å². The first kappa shape index (κ1) is 21.3. The molecule has 2 amide bonds. The van der Waals surface area contributed by atoms with Crippen LogP contribution in [0.5, 0.6) is 5.75 Å². The molecule has 2 aromatic rings. The molecule has 2 aromatic carbocycles. The number of para-hydroxylation sites is 1. The summed E-state index contributed by atoms with van der Waals surface area (Å²) in [5.74, 6) is 0.188. The van der Waals surface area contributed by atoms with Gasteiger partial charge in [-0.1, -0.05) is 41.4 Å². The number of carbonyl (C=O) groups is 1. The fraction of sp³-hybridized carbons (Fsp3) is 0.278. The molecule has 0 saturated heterocycles. The molecule has 0 aromatic heterocycles. The van der Waals surface area contributed by atoms with E-state index in [1.807, 2.05) is 13.8 Å². The minimum Gasteiger partial charge on any atom is -0.383 e. The third kappa shape index (κ3) is 6.30. The summed E-state index contributed by atoms with van der Waals surface area (Å²) in [4.78, 5) is 14.3. The smallest absolute Gasteiger partial charge is 0.322 e. The van der Waals surface area contributed by atoms with Gasteiger partial charge in [-0.3, -0.25) is 0 Å². The van der Waals surface area contributed by atoms with Crippen molar-refractivity contribution in [1.82, 2.24) is 4.90 Å². The van der Waals surface area contributed by atoms with Crippen LogP contribution in [0.1, 0.15) is 19.4 Å². The molecule has 0 fully saturated rings. The van der Waals surface area contributed by atoms with Gasteiger partial charge in [-0.15, -0.1) is 0 Å². The molecule has 2 rings (SSSR count). The summed E-state index contributed by atoms with van der Waals surface area (Å²) in [5, 5.41) is 3.40. The number of nitrogens with one attached hydrogen (secondary N) is 1. The van der Waals surface area contributed by atoms with E-state index < -0.39 is 10.1 Å². The first-order valence-corrected chi connectivity index (χ1v) is 10.6. The van der Waals surface area contributed by atoms with Crippen LogP contribution in [0.3, 0.4) is 0 Å². The largest absolute Gasteiger partial charge is 0.383 e. The Balaban J connectivity index is 2.20. The van der Waals surface area contributed by atoms with Gasteiger partial charge in [0.05, 0.1) is 22.0 Å². The zero-order valence-corrected chi connectivity index (χ0v) is 17.4. The standard InChI is InChI=1S/C18H20Cl2N2O4S/c1-12(2)22(18(23)21-17-15(19)8-5-9-16(17)20)11-13-6-4-7-14(10-13)26-27(3,24)25/h4-10,12H,11H2,1-3H3,(H,21,23). The Kier molecular flexibility index (Phi) is 6.97. The predicted molar refractivity (Wildman–Crippen MR) is 108 cm³/mol. The van der Waals surface area contributed by atoms with E-state index in [1.54, 1.807) is 41.3 Å². The van der Waals surface area contributed by atoms with Crippen molar-refractivity contribution in [3.05, 3.63) is 58.1 Å². The van der Waals surface area contributed by atoms with E-state index in [1.165, 1.54) is 6.07 Å². The first-order chi connectivity index (χ1) is 12.6. The minimum absolute atomic E-state index is 0.134. The van der Waals surface area contributed by atoms with Crippen LogP contribution in [0.15, 0.2) is 42.5 Å². The maximum atomic E-state index is 12.7. The number of urea groups is 1. The lowest BCUT2D eigenvalue weighted by atomic mass is 10.2. The second kappa shape index (κ2) is 8.82. The van der Waals surface area contributed by atoms with Gasteiger partial charge < -0.3 is 14.4 Å². The average molecular weight is 431 g/mol. The summed E-state index contributed by atoms with van der Waals surface area (Å²) in [5.41, 5.74) is 1.05. The lowest BCUT2D eigenvalue weighted by molar-refractivity contribution is 0.193. The van der Waals surface area contributed by atoms with Crippen molar-refractivity contribution in [2.75, 3.05) is 11.6 Å². The van der Waals surface area contributed by atoms with E-state index in [-0.39, 0.29) is 24.4 Å². The molecule has 146 valence electrons. The normalized spacial score (nSPS) is 11.3. The summed E-state index contributed by atoms with van der Waals surface area (Å²) in [6.45, 7) is 3.97. The van der Waals surface area contributed by atoms with E-state index >= 15 is 0 Å². The second-order valence-corrected chi connectivity index (χ2v) is 8.57. The molecule has 0 aliphatic heterocycles. The van der Waals surface area contributed by atoms with Gasteiger partial charge in [-0.25, -0.2) is 4.79 Å². The maximum absolute atomic E-state index is 12.7. The summed E-state index contributed by atoms with van der Waals surface area (Å²) in [6, 6.07) is 11.0. The monoisotopic (exact) mass is 430 g/mol. The van der Waals surface area contributed by atoms with E-state index in [2.05, 4.69) is 5.32 Å². The zero-order valence-electron chi connectivity index (χ0n) is 15.1. The number of hydrogen-bond acceptors (Lipinski definition) is 4. The van der Waals surface area contributed by atoms with Crippen molar-refractivity contribution in [3.63, 3.8) is 0 Å². The Morgan fingerprint density at radius 2 is 1.74 bits per heavy atom. The van der Waals surface area contributed by atoms with Crippen LogP contribution in [0.25, 0.3) is 0 Å². The van der Waals surface area contributed by atoms with Gasteiger partial charge in [0.25, 0.3) is 0 Å². The third-order valence-corrected chi connectivity index (χ3v) is 4.70. The average Bonchev–Trinajstić information content (AvgIpc) is 2.54. The topological polar surface area (TPSA) is 75.7 Å². The van der Waals surface area contributed by atoms with Crippen LogP contribution in [0.2, 0.25) is 10.0 Å². The van der Waals surface area contributed by atoms with E-state index in [4.69, 9.17) is 27.4 Å². The third-order valence-electron chi connectivity index (χ3n) is 3.58. The number of hydrogen-bond donors (Lipinski definition) is 1. The molecule has 0 spiro atoms. The Bertz CT molecular complexity index is 912. The lowest BCUT2D eigenvalue weighted by Crippen LogP contribution is -2.39. The first-order valence-electron chi connectivity index (χ1n) is 8.07. The molecule has 0 saturated carbocycles. The Morgan fingerprint density at radius 3 is 2.30 bits per heavy atom.